The van der Waals surface area contributed by atoms with E-state index in [1.165, 1.54) is 6.42 Å². The average molecular weight is 516 g/mol. The first-order valence-electron chi connectivity index (χ1n) is 12.7. The zero-order valence-electron chi connectivity index (χ0n) is 20.9. The summed E-state index contributed by atoms with van der Waals surface area (Å²) >= 11 is 0. The van der Waals surface area contributed by atoms with Crippen molar-refractivity contribution in [2.24, 2.45) is 5.73 Å². The number of carbonyl (C=O) groups excluding carboxylic acids is 1. The first kappa shape index (κ1) is 25.5. The number of halogens is 3. The van der Waals surface area contributed by atoms with Crippen LogP contribution in [0.4, 0.5) is 19.1 Å². The Morgan fingerprint density at radius 2 is 1.81 bits per heavy atom. The summed E-state index contributed by atoms with van der Waals surface area (Å²) in [4.78, 5) is 26.3. The van der Waals surface area contributed by atoms with Crippen molar-refractivity contribution in [2.45, 2.75) is 44.1 Å². The van der Waals surface area contributed by atoms with Crippen LogP contribution in [-0.2, 0) is 12.7 Å². The molecule has 0 saturated carbocycles. The Labute approximate surface area is 213 Å². The summed E-state index contributed by atoms with van der Waals surface area (Å²) in [5.41, 5.74) is 6.17. The third-order valence-electron chi connectivity index (χ3n) is 7.79. The molecule has 11 heteroatoms. The molecule has 2 aliphatic heterocycles. The van der Waals surface area contributed by atoms with Gasteiger partial charge < -0.3 is 20.1 Å². The molecule has 4 heterocycles. The van der Waals surface area contributed by atoms with Gasteiger partial charge in [-0.15, -0.1) is 0 Å². The highest BCUT2D eigenvalue weighted by Crippen LogP contribution is 2.29. The summed E-state index contributed by atoms with van der Waals surface area (Å²) in [6.07, 6.45) is 2.37. The van der Waals surface area contributed by atoms with Gasteiger partial charge in [0, 0.05) is 81.0 Å². The van der Waals surface area contributed by atoms with Gasteiger partial charge in [0.2, 0.25) is 11.9 Å². The Morgan fingerprint density at radius 1 is 1.08 bits per heavy atom. The number of likely N-dealkylation sites (N-methyl/N-ethyl adjacent to an activating group) is 1. The molecule has 0 bridgehead atoms. The van der Waals surface area contributed by atoms with E-state index >= 15 is 0 Å². The third kappa shape index (κ3) is 5.57. The van der Waals surface area contributed by atoms with Crippen LogP contribution in [-0.4, -0.2) is 82.1 Å². The molecule has 5 rings (SSSR count). The third-order valence-corrected chi connectivity index (χ3v) is 7.79. The van der Waals surface area contributed by atoms with Crippen LogP contribution in [0.3, 0.4) is 0 Å². The molecule has 2 aromatic heterocycles. The number of fused-ring (bicyclic) bond motifs is 1. The van der Waals surface area contributed by atoms with E-state index in [4.69, 9.17) is 5.73 Å². The Bertz CT molecular complexity index is 1240. The van der Waals surface area contributed by atoms with E-state index in [0.717, 1.165) is 75.4 Å². The second kappa shape index (κ2) is 10.3. The minimum absolute atomic E-state index is 0.361. The van der Waals surface area contributed by atoms with Crippen molar-refractivity contribution >= 4 is 22.8 Å². The van der Waals surface area contributed by atoms with E-state index in [-0.39, 0.29) is 0 Å². The molecule has 1 atom stereocenters. The minimum Gasteiger partial charge on any atom is -0.366 e. The molecular weight excluding hydrogens is 483 g/mol. The standard InChI is InChI=1S/C26H32F3N7O/c1-33(21-5-10-36(11-6-21)25-31-15-20(16-32-25)26(27,28)29)17-22-7-9-34(22)12-13-35-8-4-18-2-3-19(24(30)37)14-23(18)35/h2-4,8,14-16,21-22H,5-7,9-13,17H2,1H3,(H2,30,37). The predicted molar refractivity (Wildman–Crippen MR) is 135 cm³/mol. The van der Waals surface area contributed by atoms with Crippen LogP contribution in [0, 0.1) is 0 Å². The number of carbonyl (C=O) groups is 1. The number of alkyl halides is 3. The molecule has 2 N–H and O–H groups in total. The van der Waals surface area contributed by atoms with Crippen LogP contribution in [0.15, 0.2) is 42.9 Å². The lowest BCUT2D eigenvalue weighted by molar-refractivity contribution is -0.138. The number of rotatable bonds is 8. The van der Waals surface area contributed by atoms with Crippen LogP contribution >= 0.6 is 0 Å². The zero-order valence-corrected chi connectivity index (χ0v) is 20.9. The fraction of sp³-hybridized carbons (Fsp3) is 0.500. The van der Waals surface area contributed by atoms with E-state index < -0.39 is 17.6 Å². The van der Waals surface area contributed by atoms with E-state index in [2.05, 4.69) is 43.6 Å². The van der Waals surface area contributed by atoms with E-state index in [9.17, 15) is 18.0 Å². The molecule has 1 unspecified atom stereocenters. The van der Waals surface area contributed by atoms with Gasteiger partial charge >= 0.3 is 6.18 Å². The van der Waals surface area contributed by atoms with Gasteiger partial charge in [0.15, 0.2) is 0 Å². The van der Waals surface area contributed by atoms with Crippen LogP contribution < -0.4 is 10.6 Å². The molecule has 2 aliphatic rings. The molecule has 0 spiro atoms. The first-order valence-corrected chi connectivity index (χ1v) is 12.7. The lowest BCUT2D eigenvalue weighted by atomic mass is 9.99. The van der Waals surface area contributed by atoms with Crippen molar-refractivity contribution in [3.8, 4) is 0 Å². The fourth-order valence-electron chi connectivity index (χ4n) is 5.38. The summed E-state index contributed by atoms with van der Waals surface area (Å²) in [5.74, 6) is -0.0574. The predicted octanol–water partition coefficient (Wildman–Crippen LogP) is 3.22. The molecule has 0 radical (unpaired) electrons. The van der Waals surface area contributed by atoms with Crippen LogP contribution in [0.5, 0.6) is 0 Å². The molecular formula is C26H32F3N7O. The number of nitrogens with zero attached hydrogens (tertiary/aromatic N) is 6. The highest BCUT2D eigenvalue weighted by atomic mass is 19.4. The Balaban J connectivity index is 1.10. The minimum atomic E-state index is -4.42. The van der Waals surface area contributed by atoms with Crippen molar-refractivity contribution in [3.63, 3.8) is 0 Å². The van der Waals surface area contributed by atoms with Crippen molar-refractivity contribution in [1.82, 2.24) is 24.3 Å². The molecule has 2 saturated heterocycles. The van der Waals surface area contributed by atoms with Crippen molar-refractivity contribution < 1.29 is 18.0 Å². The summed E-state index contributed by atoms with van der Waals surface area (Å²) in [7, 11) is 2.16. The van der Waals surface area contributed by atoms with E-state index in [1.807, 2.05) is 17.0 Å². The average Bonchev–Trinajstić information content (AvgIpc) is 3.28. The van der Waals surface area contributed by atoms with Gasteiger partial charge in [-0.05, 0) is 49.9 Å². The Kier molecular flexibility index (Phi) is 7.09. The van der Waals surface area contributed by atoms with Gasteiger partial charge in [-0.25, -0.2) is 9.97 Å². The first-order chi connectivity index (χ1) is 17.7. The van der Waals surface area contributed by atoms with Gasteiger partial charge in [0.25, 0.3) is 0 Å². The highest BCUT2D eigenvalue weighted by molar-refractivity contribution is 5.97. The summed E-state index contributed by atoms with van der Waals surface area (Å²) in [6, 6.07) is 8.54. The second-order valence-electron chi connectivity index (χ2n) is 10.1. The molecule has 2 fully saturated rings. The Hall–Kier alpha value is -3.18. The highest BCUT2D eigenvalue weighted by Gasteiger charge is 2.33. The molecule has 1 amide bonds. The maximum absolute atomic E-state index is 12.8. The maximum atomic E-state index is 12.8. The monoisotopic (exact) mass is 515 g/mol. The fourth-order valence-corrected chi connectivity index (χ4v) is 5.38. The van der Waals surface area contributed by atoms with Crippen molar-refractivity contribution in [1.29, 1.82) is 0 Å². The van der Waals surface area contributed by atoms with E-state index in [0.29, 0.717) is 23.6 Å². The quantitative estimate of drug-likeness (QED) is 0.496. The molecule has 37 heavy (non-hydrogen) atoms. The Morgan fingerprint density at radius 3 is 2.43 bits per heavy atom. The number of aromatic nitrogens is 3. The SMILES string of the molecule is CN(CC1CCN1CCn1ccc2ccc(C(N)=O)cc21)C1CCN(c2ncc(C(F)(F)F)cn2)CC1. The molecule has 8 nitrogen and oxygen atoms in total. The molecule has 198 valence electrons. The number of amides is 1. The maximum Gasteiger partial charge on any atom is 0.419 e. The van der Waals surface area contributed by atoms with E-state index in [1.54, 1.807) is 6.07 Å². The number of hydrogen-bond donors (Lipinski definition) is 1. The number of likely N-dealkylation sites (tertiary alicyclic amines) is 1. The smallest absolute Gasteiger partial charge is 0.366 e. The normalized spacial score (nSPS) is 19.5. The molecule has 0 aliphatic carbocycles. The molecule has 3 aromatic rings. The van der Waals surface area contributed by atoms with Gasteiger partial charge in [-0.3, -0.25) is 9.69 Å². The summed E-state index contributed by atoms with van der Waals surface area (Å²) in [5, 5.41) is 1.10. The van der Waals surface area contributed by atoms with Crippen LogP contribution in [0.25, 0.3) is 10.9 Å². The summed E-state index contributed by atoms with van der Waals surface area (Å²) in [6.45, 7) is 5.30. The van der Waals surface area contributed by atoms with Gasteiger partial charge in [-0.1, -0.05) is 6.07 Å². The van der Waals surface area contributed by atoms with Crippen molar-refractivity contribution in [3.05, 3.63) is 54.0 Å². The second-order valence-corrected chi connectivity index (χ2v) is 10.1. The van der Waals surface area contributed by atoms with Crippen LogP contribution in [0.2, 0.25) is 0 Å². The summed E-state index contributed by atoms with van der Waals surface area (Å²) < 4.78 is 40.5. The number of hydrogen-bond acceptors (Lipinski definition) is 6. The number of piperidine rings is 1. The number of primary amides is 1. The molecule has 1 aromatic carbocycles. The largest absolute Gasteiger partial charge is 0.419 e. The van der Waals surface area contributed by atoms with Gasteiger partial charge in [0.1, 0.15) is 0 Å². The lowest BCUT2D eigenvalue weighted by Crippen LogP contribution is -2.56. The van der Waals surface area contributed by atoms with Gasteiger partial charge in [0.05, 0.1) is 5.56 Å². The van der Waals surface area contributed by atoms with Crippen LogP contribution in [0.1, 0.15) is 35.2 Å². The lowest BCUT2D eigenvalue weighted by Gasteiger charge is -2.45. The van der Waals surface area contributed by atoms with Gasteiger partial charge in [-0.2, -0.15) is 13.2 Å². The number of nitrogens with two attached hydrogens (primary N) is 1. The van der Waals surface area contributed by atoms with Crippen molar-refractivity contribution in [2.75, 3.05) is 44.7 Å². The number of anilines is 1. The number of benzene rings is 1. The topological polar surface area (TPSA) is 83.5 Å². The zero-order chi connectivity index (χ0) is 26.2.